The molecule has 2 aromatic rings. The molecule has 0 atom stereocenters. The number of nitrogens with zero attached hydrogens (tertiary/aromatic N) is 1. The number of halogens is 1. The molecular weight excluding hydrogens is 389 g/mol. The molecule has 0 N–H and O–H groups in total. The van der Waals surface area contributed by atoms with Gasteiger partial charge in [-0.05, 0) is 0 Å². The molecule has 0 bridgehead atoms. The molecule has 0 unspecified atom stereocenters. The summed E-state index contributed by atoms with van der Waals surface area (Å²) >= 11 is 4.43. The van der Waals surface area contributed by atoms with Gasteiger partial charge in [0.15, 0.2) is 0 Å². The molecule has 0 aliphatic carbocycles. The molecule has 25 heavy (non-hydrogen) atoms. The van der Waals surface area contributed by atoms with Crippen LogP contribution in [0.2, 0.25) is 0 Å². The Bertz CT molecular complexity index is 682. The molecule has 0 amide bonds. The van der Waals surface area contributed by atoms with Crippen LogP contribution in [-0.4, -0.2) is 22.4 Å². The summed E-state index contributed by atoms with van der Waals surface area (Å²) < 4.78 is 2.74. The molecule has 0 heterocycles. The van der Waals surface area contributed by atoms with E-state index in [0.29, 0.717) is 0 Å². The number of hydrogen-bond acceptors (Lipinski definition) is 1. The van der Waals surface area contributed by atoms with Crippen molar-refractivity contribution in [1.82, 2.24) is 4.67 Å². The van der Waals surface area contributed by atoms with Crippen molar-refractivity contribution in [2.24, 2.45) is 0 Å². The first-order valence-electron chi connectivity index (χ1n) is 8.98. The average molecular weight is 422 g/mol. The summed E-state index contributed by atoms with van der Waals surface area (Å²) in [6, 6.07) is 21.9. The third kappa shape index (κ3) is 4.35. The predicted octanol–water partition coefficient (Wildman–Crippen LogP) is 6.82. The molecule has 138 valence electrons. The van der Waals surface area contributed by atoms with Crippen molar-refractivity contribution in [3.63, 3.8) is 0 Å². The van der Waals surface area contributed by atoms with E-state index in [0.717, 1.165) is 6.16 Å². The Balaban J connectivity index is 2.76. The van der Waals surface area contributed by atoms with Crippen molar-refractivity contribution in [1.29, 1.82) is 0 Å². The monoisotopic (exact) mass is 421 g/mol. The molecular formula is C22H33BrNP. The number of hydrogen-bond donors (Lipinski definition) is 0. The summed E-state index contributed by atoms with van der Waals surface area (Å²) in [5.74, 6) is 0. The maximum absolute atomic E-state index is 4.43. The Morgan fingerprint density at radius 1 is 0.760 bits per heavy atom. The fourth-order valence-electron chi connectivity index (χ4n) is 4.65. The van der Waals surface area contributed by atoms with E-state index in [9.17, 15) is 0 Å². The van der Waals surface area contributed by atoms with E-state index < -0.39 is 5.46 Å². The van der Waals surface area contributed by atoms with Gasteiger partial charge in [-0.15, -0.1) is 0 Å². The first-order valence-corrected chi connectivity index (χ1v) is 13.8. The third-order valence-corrected chi connectivity index (χ3v) is 12.5. The Labute approximate surface area is 162 Å². The Hall–Kier alpha value is -0.690. The predicted molar refractivity (Wildman–Crippen MR) is 119 cm³/mol. The van der Waals surface area contributed by atoms with E-state index in [-0.39, 0.29) is 11.1 Å². The first-order chi connectivity index (χ1) is 11.3. The van der Waals surface area contributed by atoms with Gasteiger partial charge in [0.25, 0.3) is 0 Å². The van der Waals surface area contributed by atoms with Gasteiger partial charge in [-0.3, -0.25) is 0 Å². The van der Waals surface area contributed by atoms with Crippen LogP contribution < -0.4 is 5.30 Å². The Morgan fingerprint density at radius 3 is 1.56 bits per heavy atom. The normalized spacial score (nSPS) is 15.0. The van der Waals surface area contributed by atoms with Gasteiger partial charge in [0.1, 0.15) is 0 Å². The van der Waals surface area contributed by atoms with Gasteiger partial charge < -0.3 is 0 Å². The van der Waals surface area contributed by atoms with Crippen molar-refractivity contribution in [2.45, 2.75) is 58.8 Å². The standard InChI is InChI=1S/C22H33BrNP/c1-21(2,3)24(22(4,5)6)25(7,23,20-16-12-9-13-17-20)18-19-14-10-8-11-15-19/h8-17H,18H2,1-7H3. The minimum atomic E-state index is -2.63. The second-order valence-corrected chi connectivity index (χ2v) is 19.3. The molecule has 0 spiro atoms. The van der Waals surface area contributed by atoms with Crippen LogP contribution in [0, 0.1) is 0 Å². The fraction of sp³-hybridized carbons (Fsp3) is 0.455. The van der Waals surface area contributed by atoms with Gasteiger partial charge in [0.2, 0.25) is 0 Å². The molecule has 0 fully saturated rings. The van der Waals surface area contributed by atoms with E-state index >= 15 is 0 Å². The van der Waals surface area contributed by atoms with Crippen molar-refractivity contribution in [3.05, 3.63) is 66.2 Å². The van der Waals surface area contributed by atoms with E-state index in [1.807, 2.05) is 0 Å². The summed E-state index contributed by atoms with van der Waals surface area (Å²) in [6.07, 6.45) is 1.00. The summed E-state index contributed by atoms with van der Waals surface area (Å²) in [6.45, 7) is 16.5. The third-order valence-electron chi connectivity index (χ3n) is 4.59. The SMILES string of the molecule is CC(C)(C)N(C(C)(C)C)P(C)(Br)(Cc1ccccc1)c1ccccc1. The van der Waals surface area contributed by atoms with Crippen LogP contribution >= 0.6 is 20.9 Å². The second-order valence-electron chi connectivity index (χ2n) is 9.22. The molecule has 1 nitrogen and oxygen atoms in total. The van der Waals surface area contributed by atoms with E-state index in [2.05, 4.69) is 129 Å². The van der Waals surface area contributed by atoms with Crippen molar-refractivity contribution < 1.29 is 0 Å². The van der Waals surface area contributed by atoms with Gasteiger partial charge in [-0.1, -0.05) is 0 Å². The van der Waals surface area contributed by atoms with Crippen LogP contribution in [0.1, 0.15) is 47.1 Å². The van der Waals surface area contributed by atoms with Gasteiger partial charge in [0, 0.05) is 0 Å². The molecule has 2 rings (SSSR count). The zero-order valence-corrected chi connectivity index (χ0v) is 19.2. The topological polar surface area (TPSA) is 3.24 Å². The van der Waals surface area contributed by atoms with Crippen LogP contribution in [0.5, 0.6) is 0 Å². The molecule has 0 aromatic heterocycles. The van der Waals surface area contributed by atoms with Gasteiger partial charge in [-0.2, -0.15) is 0 Å². The van der Waals surface area contributed by atoms with Crippen molar-refractivity contribution in [3.8, 4) is 0 Å². The molecule has 0 aliphatic rings. The summed E-state index contributed by atoms with van der Waals surface area (Å²) in [5.41, 5.74) is -1.20. The van der Waals surface area contributed by atoms with Crippen LogP contribution in [0.4, 0.5) is 0 Å². The summed E-state index contributed by atoms with van der Waals surface area (Å²) in [5, 5.41) is 1.40. The van der Waals surface area contributed by atoms with Crippen LogP contribution in [-0.2, 0) is 6.16 Å². The number of benzene rings is 2. The van der Waals surface area contributed by atoms with Crippen molar-refractivity contribution >= 4 is 26.3 Å². The van der Waals surface area contributed by atoms with E-state index in [1.54, 1.807) is 0 Å². The zero-order valence-electron chi connectivity index (χ0n) is 16.8. The summed E-state index contributed by atoms with van der Waals surface area (Å²) in [4.78, 5) is 0. The zero-order chi connectivity index (χ0) is 19.0. The van der Waals surface area contributed by atoms with E-state index in [1.165, 1.54) is 10.9 Å². The molecule has 0 radical (unpaired) electrons. The molecule has 0 saturated heterocycles. The second kappa shape index (κ2) is 6.80. The first kappa shape index (κ1) is 20.6. The fourth-order valence-corrected chi connectivity index (χ4v) is 14.7. The molecule has 0 aliphatic heterocycles. The van der Waals surface area contributed by atoms with Crippen molar-refractivity contribution in [2.75, 3.05) is 6.66 Å². The summed E-state index contributed by atoms with van der Waals surface area (Å²) in [7, 11) is 0. The molecule has 2 aromatic carbocycles. The van der Waals surface area contributed by atoms with Gasteiger partial charge in [0.05, 0.1) is 0 Å². The quantitative estimate of drug-likeness (QED) is 0.489. The van der Waals surface area contributed by atoms with Gasteiger partial charge >= 0.3 is 163 Å². The van der Waals surface area contributed by atoms with Crippen LogP contribution in [0.25, 0.3) is 0 Å². The molecule has 0 saturated carbocycles. The van der Waals surface area contributed by atoms with Gasteiger partial charge in [-0.25, -0.2) is 0 Å². The Morgan fingerprint density at radius 2 is 1.16 bits per heavy atom. The number of rotatable bonds is 4. The Kier molecular flexibility index (Phi) is 5.61. The minimum absolute atomic E-state index is 0.0267. The van der Waals surface area contributed by atoms with Crippen LogP contribution in [0.15, 0.2) is 60.7 Å². The molecule has 3 heteroatoms. The maximum atomic E-state index is 4.43. The van der Waals surface area contributed by atoms with E-state index in [4.69, 9.17) is 0 Å². The average Bonchev–Trinajstić information content (AvgIpc) is 2.45. The van der Waals surface area contributed by atoms with Crippen LogP contribution in [0.3, 0.4) is 0 Å².